The van der Waals surface area contributed by atoms with Gasteiger partial charge in [0.25, 0.3) is 0 Å². The minimum atomic E-state index is -0.857. The zero-order valence-corrected chi connectivity index (χ0v) is 53.5. The van der Waals surface area contributed by atoms with E-state index in [-0.39, 0.29) is 12.5 Å². The van der Waals surface area contributed by atoms with Gasteiger partial charge in [-0.3, -0.25) is 4.79 Å². The van der Waals surface area contributed by atoms with Crippen LogP contribution in [-0.4, -0.2) is 34.9 Å². The normalized spacial score (nSPS) is 13.6. The molecule has 0 fully saturated rings. The van der Waals surface area contributed by atoms with E-state index in [1.807, 2.05) is 6.08 Å². The van der Waals surface area contributed by atoms with Crippen molar-refractivity contribution in [1.82, 2.24) is 5.32 Å². The molecule has 2 atom stereocenters. The first-order valence-corrected chi connectivity index (χ1v) is 34.9. The van der Waals surface area contributed by atoms with Crippen molar-refractivity contribution >= 4 is 5.91 Å². The summed E-state index contributed by atoms with van der Waals surface area (Å²) in [5.74, 6) is -0.0803. The van der Waals surface area contributed by atoms with Crippen molar-refractivity contribution in [3.8, 4) is 0 Å². The highest BCUT2D eigenvalue weighted by Crippen LogP contribution is 2.18. The highest BCUT2D eigenvalue weighted by Gasteiger charge is 2.18. The molecule has 0 bridgehead atoms. The van der Waals surface area contributed by atoms with Crippen molar-refractivity contribution in [1.29, 1.82) is 0 Å². The predicted molar refractivity (Wildman–Crippen MR) is 363 cm³/mol. The summed E-state index contributed by atoms with van der Waals surface area (Å²) in [5, 5.41) is 23.3. The number of hydrogen-bond acceptors (Lipinski definition) is 3. The fourth-order valence-corrected chi connectivity index (χ4v) is 10.2. The Kier molecular flexibility index (Phi) is 67.8. The van der Waals surface area contributed by atoms with Gasteiger partial charge < -0.3 is 15.5 Å². The monoisotopic (exact) mass is 1120 g/mol. The molecule has 0 rings (SSSR count). The second-order valence-corrected chi connectivity index (χ2v) is 23.2. The van der Waals surface area contributed by atoms with E-state index >= 15 is 0 Å². The van der Waals surface area contributed by atoms with Crippen molar-refractivity contribution in [2.75, 3.05) is 6.61 Å². The molecule has 0 heterocycles. The van der Waals surface area contributed by atoms with Gasteiger partial charge in [-0.2, -0.15) is 0 Å². The van der Waals surface area contributed by atoms with Crippen molar-refractivity contribution in [2.24, 2.45) is 0 Å². The lowest BCUT2D eigenvalue weighted by atomic mass is 10.0. The Balaban J connectivity index is 3.58. The highest BCUT2D eigenvalue weighted by molar-refractivity contribution is 5.76. The van der Waals surface area contributed by atoms with Crippen LogP contribution in [0.3, 0.4) is 0 Å². The van der Waals surface area contributed by atoms with Crippen molar-refractivity contribution in [3.05, 3.63) is 134 Å². The molecule has 0 spiro atoms. The first-order chi connectivity index (χ1) is 40.2. The van der Waals surface area contributed by atoms with Crippen molar-refractivity contribution in [3.63, 3.8) is 0 Å². The number of allylic oxidation sites excluding steroid dienone is 21. The summed E-state index contributed by atoms with van der Waals surface area (Å²) in [4.78, 5) is 12.5. The molecule has 0 radical (unpaired) electrons. The number of amides is 1. The molecule has 0 aromatic carbocycles. The van der Waals surface area contributed by atoms with E-state index < -0.39 is 12.1 Å². The fraction of sp³-hybridized carbons (Fsp3) is 0.701. The third kappa shape index (κ3) is 67.2. The van der Waals surface area contributed by atoms with Gasteiger partial charge in [-0.05, 0) is 96.3 Å². The third-order valence-electron chi connectivity index (χ3n) is 15.4. The van der Waals surface area contributed by atoms with Gasteiger partial charge in [-0.25, -0.2) is 0 Å². The lowest BCUT2D eigenvalue weighted by molar-refractivity contribution is -0.123. The van der Waals surface area contributed by atoms with Gasteiger partial charge in [-0.15, -0.1) is 0 Å². The van der Waals surface area contributed by atoms with Gasteiger partial charge in [-0.1, -0.05) is 359 Å². The van der Waals surface area contributed by atoms with Crippen LogP contribution < -0.4 is 5.32 Å². The Morgan fingerprint density at radius 3 is 0.815 bits per heavy atom. The van der Waals surface area contributed by atoms with Gasteiger partial charge in [0.1, 0.15) is 0 Å². The van der Waals surface area contributed by atoms with Crippen LogP contribution in [0.1, 0.15) is 328 Å². The number of aliphatic hydroxyl groups excluding tert-OH is 2. The first kappa shape index (κ1) is 77.5. The number of nitrogens with one attached hydrogen (secondary N) is 1. The SMILES string of the molecule is CC/C=C\C/C=C\C/C=C\C/C=C\C/C=C\C/C=C\C/C=C\C/C=C\C/C=C\C/C=C\CCCCCCCCC(=O)NC(CO)C(O)/C=C/CCCCCCCCCCCCCCCCCCCCCCCCCCCCCCCC. The summed E-state index contributed by atoms with van der Waals surface area (Å²) in [6.07, 6.45) is 110. The van der Waals surface area contributed by atoms with E-state index in [4.69, 9.17) is 0 Å². The topological polar surface area (TPSA) is 69.6 Å². The molecule has 0 aliphatic heterocycles. The molecule has 4 nitrogen and oxygen atoms in total. The lowest BCUT2D eigenvalue weighted by Crippen LogP contribution is -2.45. The van der Waals surface area contributed by atoms with E-state index in [0.717, 1.165) is 103 Å². The Hall–Kier alpha value is -3.47. The summed E-state index contributed by atoms with van der Waals surface area (Å²) in [6, 6.07) is -0.642. The molecular weight excluding hydrogens is 987 g/mol. The number of carbonyl (C=O) groups is 1. The minimum absolute atomic E-state index is 0.0803. The second-order valence-electron chi connectivity index (χ2n) is 23.2. The summed E-state index contributed by atoms with van der Waals surface area (Å²) in [7, 11) is 0. The van der Waals surface area contributed by atoms with Crippen molar-refractivity contribution in [2.45, 2.75) is 341 Å². The standard InChI is InChI=1S/C77H133NO3/c1-3-5-7-9-11-13-15-17-19-21-23-25-27-29-31-33-35-37-38-39-40-41-43-45-47-49-51-53-55-57-59-61-63-65-67-69-71-73-77(81)78-75(74-79)76(80)72-70-68-66-64-62-60-58-56-54-52-50-48-46-44-42-36-34-32-30-28-26-24-22-20-18-16-14-12-10-8-6-4-2/h5,7,11,13,17,19,23,25,29,31,35,37,39-40,43,45,49,51,55,57,70,72,75-76,79-80H,3-4,6,8-10,12,14-16,18,20-22,24,26-28,30,32-34,36,38,41-42,44,46-48,50,52-54,56,58-69,71,73-74H2,1-2H3,(H,78,81)/b7-5-,13-11-,19-17-,25-23-,31-29-,37-35-,40-39-,45-43-,51-49-,57-55-,72-70+. The van der Waals surface area contributed by atoms with Crippen LogP contribution in [0.4, 0.5) is 0 Å². The van der Waals surface area contributed by atoms with Crippen LogP contribution in [0.5, 0.6) is 0 Å². The molecule has 0 saturated carbocycles. The predicted octanol–water partition coefficient (Wildman–Crippen LogP) is 24.1. The lowest BCUT2D eigenvalue weighted by Gasteiger charge is -2.20. The number of hydrogen-bond donors (Lipinski definition) is 3. The van der Waals surface area contributed by atoms with Crippen LogP contribution in [0.2, 0.25) is 0 Å². The zero-order valence-electron chi connectivity index (χ0n) is 53.5. The van der Waals surface area contributed by atoms with E-state index in [1.165, 1.54) is 205 Å². The molecule has 0 aliphatic carbocycles. The highest BCUT2D eigenvalue weighted by atomic mass is 16.3. The van der Waals surface area contributed by atoms with Crippen LogP contribution >= 0.6 is 0 Å². The molecule has 81 heavy (non-hydrogen) atoms. The maximum atomic E-state index is 12.5. The molecular formula is C77H133NO3. The molecule has 0 aromatic rings. The Bertz CT molecular complexity index is 1600. The first-order valence-electron chi connectivity index (χ1n) is 34.9. The van der Waals surface area contributed by atoms with Crippen LogP contribution in [-0.2, 0) is 4.79 Å². The van der Waals surface area contributed by atoms with E-state index in [0.29, 0.717) is 6.42 Å². The van der Waals surface area contributed by atoms with E-state index in [1.54, 1.807) is 6.08 Å². The zero-order chi connectivity index (χ0) is 58.4. The average Bonchev–Trinajstić information content (AvgIpc) is 3.47. The minimum Gasteiger partial charge on any atom is -0.394 e. The van der Waals surface area contributed by atoms with Crippen LogP contribution in [0.25, 0.3) is 0 Å². The molecule has 2 unspecified atom stereocenters. The summed E-state index contributed by atoms with van der Waals surface area (Å²) in [5.41, 5.74) is 0. The van der Waals surface area contributed by atoms with E-state index in [2.05, 4.69) is 141 Å². The van der Waals surface area contributed by atoms with Gasteiger partial charge in [0, 0.05) is 6.42 Å². The summed E-state index contributed by atoms with van der Waals surface area (Å²) in [6.45, 7) is 4.21. The Morgan fingerprint density at radius 1 is 0.309 bits per heavy atom. The third-order valence-corrected chi connectivity index (χ3v) is 15.4. The largest absolute Gasteiger partial charge is 0.394 e. The molecule has 3 N–H and O–H groups in total. The second kappa shape index (κ2) is 70.8. The molecule has 4 heteroatoms. The van der Waals surface area contributed by atoms with Crippen LogP contribution in [0.15, 0.2) is 134 Å². The summed E-state index contributed by atoms with van der Waals surface area (Å²) < 4.78 is 0. The maximum Gasteiger partial charge on any atom is 0.220 e. The number of carbonyl (C=O) groups excluding carboxylic acids is 1. The maximum absolute atomic E-state index is 12.5. The van der Waals surface area contributed by atoms with Crippen molar-refractivity contribution < 1.29 is 15.0 Å². The molecule has 0 aromatic heterocycles. The number of aliphatic hydroxyl groups is 2. The Labute approximate surface area is 504 Å². The van der Waals surface area contributed by atoms with E-state index in [9.17, 15) is 15.0 Å². The summed E-state index contributed by atoms with van der Waals surface area (Å²) >= 11 is 0. The van der Waals surface area contributed by atoms with Gasteiger partial charge >= 0.3 is 0 Å². The fourth-order valence-electron chi connectivity index (χ4n) is 10.2. The quantitative estimate of drug-likeness (QED) is 0.0420. The molecule has 464 valence electrons. The average molecular weight is 1120 g/mol. The smallest absolute Gasteiger partial charge is 0.220 e. The number of rotatable bonds is 63. The Morgan fingerprint density at radius 2 is 0.543 bits per heavy atom. The molecule has 1 amide bonds. The van der Waals surface area contributed by atoms with Gasteiger partial charge in [0.2, 0.25) is 5.91 Å². The number of unbranched alkanes of at least 4 members (excludes halogenated alkanes) is 36. The van der Waals surface area contributed by atoms with Gasteiger partial charge in [0.05, 0.1) is 18.8 Å². The molecule has 0 aliphatic rings. The molecule has 0 saturated heterocycles. The van der Waals surface area contributed by atoms with Gasteiger partial charge in [0.15, 0.2) is 0 Å². The van der Waals surface area contributed by atoms with Crippen LogP contribution in [0, 0.1) is 0 Å².